The Balaban J connectivity index is 2.85. The summed E-state index contributed by atoms with van der Waals surface area (Å²) in [6, 6.07) is 4.81. The van der Waals surface area contributed by atoms with Gasteiger partial charge in [0.25, 0.3) is 0 Å². The molecular formula is C17H22ClNO5. The van der Waals surface area contributed by atoms with Gasteiger partial charge < -0.3 is 14.8 Å². The second-order valence-corrected chi connectivity index (χ2v) is 5.57. The summed E-state index contributed by atoms with van der Waals surface area (Å²) in [6.07, 6.45) is 0.545. The topological polar surface area (TPSA) is 81.7 Å². The Morgan fingerprint density at radius 3 is 2.50 bits per heavy atom. The van der Waals surface area contributed by atoms with Crippen LogP contribution in [0.4, 0.5) is 5.69 Å². The molecule has 0 aliphatic heterocycles. The van der Waals surface area contributed by atoms with E-state index in [1.54, 1.807) is 18.2 Å². The summed E-state index contributed by atoms with van der Waals surface area (Å²) in [7, 11) is 0. The molecule has 1 amide bonds. The van der Waals surface area contributed by atoms with Crippen LogP contribution in [0.25, 0.3) is 0 Å². The van der Waals surface area contributed by atoms with Crippen molar-refractivity contribution in [1.29, 1.82) is 0 Å². The largest absolute Gasteiger partial charge is 0.489 e. The highest BCUT2D eigenvalue weighted by Crippen LogP contribution is 2.24. The van der Waals surface area contributed by atoms with Gasteiger partial charge in [0.15, 0.2) is 5.78 Å². The zero-order valence-corrected chi connectivity index (χ0v) is 14.8. The Morgan fingerprint density at radius 2 is 1.96 bits per heavy atom. The molecule has 0 fully saturated rings. The first-order valence-corrected chi connectivity index (χ1v) is 8.21. The number of alkyl halides is 1. The van der Waals surface area contributed by atoms with E-state index in [-0.39, 0.29) is 24.2 Å². The van der Waals surface area contributed by atoms with Crippen LogP contribution >= 0.6 is 11.6 Å². The lowest BCUT2D eigenvalue weighted by Crippen LogP contribution is -2.26. The van der Waals surface area contributed by atoms with Gasteiger partial charge in [-0.1, -0.05) is 6.92 Å². The van der Waals surface area contributed by atoms with Crippen molar-refractivity contribution in [3.8, 4) is 5.75 Å². The van der Waals surface area contributed by atoms with Gasteiger partial charge in [-0.05, 0) is 31.5 Å². The second-order valence-electron chi connectivity index (χ2n) is 5.26. The molecule has 132 valence electrons. The number of nitrogens with one attached hydrogen (secondary N) is 1. The molecule has 1 aromatic carbocycles. The number of benzene rings is 1. The van der Waals surface area contributed by atoms with Crippen LogP contribution in [0.15, 0.2) is 18.2 Å². The van der Waals surface area contributed by atoms with Crippen LogP contribution in [0.2, 0.25) is 0 Å². The van der Waals surface area contributed by atoms with Gasteiger partial charge in [-0.3, -0.25) is 14.4 Å². The molecule has 0 bridgehead atoms. The van der Waals surface area contributed by atoms with Gasteiger partial charge in [-0.2, -0.15) is 0 Å². The maximum absolute atomic E-state index is 11.8. The van der Waals surface area contributed by atoms with Crippen LogP contribution in [0.3, 0.4) is 0 Å². The van der Waals surface area contributed by atoms with Crippen molar-refractivity contribution in [2.75, 3.05) is 17.8 Å². The number of anilines is 1. The Labute approximate surface area is 146 Å². The zero-order chi connectivity index (χ0) is 18.1. The van der Waals surface area contributed by atoms with Crippen molar-refractivity contribution in [2.45, 2.75) is 39.7 Å². The van der Waals surface area contributed by atoms with E-state index in [2.05, 4.69) is 5.32 Å². The van der Waals surface area contributed by atoms with E-state index in [1.165, 1.54) is 13.8 Å². The SMILES string of the molecule is CCCC(=O)Nc1ccc(OC[C@H](CCl)OC(C)=O)c(C(C)=O)c1. The van der Waals surface area contributed by atoms with Crippen molar-refractivity contribution in [1.82, 2.24) is 0 Å². The summed E-state index contributed by atoms with van der Waals surface area (Å²) in [5.74, 6) is -0.340. The standard InChI is InChI=1S/C17H22ClNO5/c1-4-5-17(22)19-13-6-7-16(15(8-13)11(2)20)23-10-14(9-18)24-12(3)21/h6-8,14H,4-5,9-10H2,1-3H3,(H,19,22)/t14-/m0/s1. The van der Waals surface area contributed by atoms with Gasteiger partial charge in [0, 0.05) is 19.0 Å². The number of amides is 1. The number of hydrogen-bond acceptors (Lipinski definition) is 5. The average Bonchev–Trinajstić information content (AvgIpc) is 2.51. The number of rotatable bonds is 9. The fourth-order valence-electron chi connectivity index (χ4n) is 1.99. The third-order valence-corrected chi connectivity index (χ3v) is 3.39. The van der Waals surface area contributed by atoms with Gasteiger partial charge in [-0.15, -0.1) is 11.6 Å². The number of carbonyl (C=O) groups excluding carboxylic acids is 3. The summed E-state index contributed by atoms with van der Waals surface area (Å²) < 4.78 is 10.6. The predicted octanol–water partition coefficient (Wildman–Crippen LogP) is 3.18. The van der Waals surface area contributed by atoms with Crippen LogP contribution in [0.1, 0.15) is 44.0 Å². The molecule has 7 heteroatoms. The number of esters is 1. The van der Waals surface area contributed by atoms with Crippen LogP contribution in [-0.2, 0) is 14.3 Å². The van der Waals surface area contributed by atoms with Crippen LogP contribution in [0, 0.1) is 0 Å². The number of carbonyl (C=O) groups is 3. The number of ether oxygens (including phenoxy) is 2. The lowest BCUT2D eigenvalue weighted by atomic mass is 10.1. The highest BCUT2D eigenvalue weighted by Gasteiger charge is 2.15. The second kappa shape index (κ2) is 9.93. The van der Waals surface area contributed by atoms with Gasteiger partial charge in [-0.25, -0.2) is 0 Å². The third kappa shape index (κ3) is 6.58. The van der Waals surface area contributed by atoms with E-state index in [9.17, 15) is 14.4 Å². The quantitative estimate of drug-likeness (QED) is 0.418. The monoisotopic (exact) mass is 355 g/mol. The summed E-state index contributed by atoms with van der Waals surface area (Å²) in [4.78, 5) is 34.4. The van der Waals surface area contributed by atoms with Crippen molar-refractivity contribution in [3.63, 3.8) is 0 Å². The van der Waals surface area contributed by atoms with Gasteiger partial charge in [0.05, 0.1) is 11.4 Å². The van der Waals surface area contributed by atoms with E-state index in [4.69, 9.17) is 21.1 Å². The number of ketones is 1. The minimum atomic E-state index is -0.604. The fraction of sp³-hybridized carbons (Fsp3) is 0.471. The molecule has 0 saturated carbocycles. The maximum atomic E-state index is 11.8. The lowest BCUT2D eigenvalue weighted by Gasteiger charge is -2.17. The molecule has 0 saturated heterocycles. The number of hydrogen-bond donors (Lipinski definition) is 1. The van der Waals surface area contributed by atoms with Crippen molar-refractivity contribution in [2.24, 2.45) is 0 Å². The maximum Gasteiger partial charge on any atom is 0.303 e. The van der Waals surface area contributed by atoms with Crippen molar-refractivity contribution in [3.05, 3.63) is 23.8 Å². The average molecular weight is 356 g/mol. The van der Waals surface area contributed by atoms with Gasteiger partial charge in [0.1, 0.15) is 18.5 Å². The van der Waals surface area contributed by atoms with Crippen molar-refractivity contribution >= 4 is 34.9 Å². The lowest BCUT2D eigenvalue weighted by molar-refractivity contribution is -0.146. The predicted molar refractivity (Wildman–Crippen MR) is 91.8 cm³/mol. The Kier molecular flexibility index (Phi) is 8.26. The van der Waals surface area contributed by atoms with Crippen LogP contribution in [-0.4, -0.2) is 36.3 Å². The Bertz CT molecular complexity index is 603. The fourth-order valence-corrected chi connectivity index (χ4v) is 2.14. The highest BCUT2D eigenvalue weighted by atomic mass is 35.5. The molecule has 0 radical (unpaired) electrons. The number of halogens is 1. The first-order valence-electron chi connectivity index (χ1n) is 7.68. The molecule has 0 aromatic heterocycles. The van der Waals surface area contributed by atoms with E-state index in [0.717, 1.165) is 6.42 Å². The molecule has 6 nitrogen and oxygen atoms in total. The summed E-state index contributed by atoms with van der Waals surface area (Å²) in [5, 5.41) is 2.73. The smallest absolute Gasteiger partial charge is 0.303 e. The molecule has 0 aliphatic rings. The highest BCUT2D eigenvalue weighted by molar-refractivity contribution is 6.18. The normalized spacial score (nSPS) is 11.5. The Hall–Kier alpha value is -2.08. The van der Waals surface area contributed by atoms with Crippen molar-refractivity contribution < 1.29 is 23.9 Å². The summed E-state index contributed by atoms with van der Waals surface area (Å²) >= 11 is 5.72. The molecule has 1 N–H and O–H groups in total. The third-order valence-electron chi connectivity index (χ3n) is 3.05. The molecule has 0 unspecified atom stereocenters. The molecule has 1 aromatic rings. The molecule has 1 rings (SSSR count). The van der Waals surface area contributed by atoms with E-state index >= 15 is 0 Å². The van der Waals surface area contributed by atoms with E-state index < -0.39 is 12.1 Å². The van der Waals surface area contributed by atoms with Crippen LogP contribution in [0.5, 0.6) is 5.75 Å². The Morgan fingerprint density at radius 1 is 1.25 bits per heavy atom. The van der Waals surface area contributed by atoms with E-state index in [1.807, 2.05) is 6.92 Å². The van der Waals surface area contributed by atoms with Gasteiger partial charge in [0.2, 0.25) is 5.91 Å². The summed E-state index contributed by atoms with van der Waals surface area (Å²) in [6.45, 7) is 4.64. The first-order chi connectivity index (χ1) is 11.4. The first kappa shape index (κ1) is 20.0. The molecule has 0 spiro atoms. The minimum Gasteiger partial charge on any atom is -0.489 e. The zero-order valence-electron chi connectivity index (χ0n) is 14.1. The van der Waals surface area contributed by atoms with Gasteiger partial charge >= 0.3 is 5.97 Å². The molecule has 24 heavy (non-hydrogen) atoms. The van der Waals surface area contributed by atoms with Crippen LogP contribution < -0.4 is 10.1 Å². The summed E-state index contributed by atoms with van der Waals surface area (Å²) in [5.41, 5.74) is 0.861. The molecule has 1 atom stereocenters. The molecule has 0 heterocycles. The minimum absolute atomic E-state index is 0.0326. The molecule has 0 aliphatic carbocycles. The molecular weight excluding hydrogens is 334 g/mol. The number of Topliss-reactive ketones (excluding diaryl/α,β-unsaturated/α-hetero) is 1. The van der Waals surface area contributed by atoms with E-state index in [0.29, 0.717) is 23.4 Å².